The van der Waals surface area contributed by atoms with Crippen molar-refractivity contribution < 1.29 is 17.2 Å². The zero-order valence-corrected chi connectivity index (χ0v) is 11.4. The fraction of sp³-hybridized carbons (Fsp3) is 0.231. The Hall–Kier alpha value is -1.66. The molecule has 0 bridgehead atoms. The van der Waals surface area contributed by atoms with Crippen LogP contribution in [0.4, 0.5) is 4.39 Å². The van der Waals surface area contributed by atoms with Gasteiger partial charge in [0.1, 0.15) is 5.82 Å². The highest BCUT2D eigenvalue weighted by Crippen LogP contribution is 2.28. The Morgan fingerprint density at radius 2 is 1.79 bits per heavy atom. The summed E-state index contributed by atoms with van der Waals surface area (Å²) in [6, 6.07) is 6.87. The summed E-state index contributed by atoms with van der Waals surface area (Å²) in [6.07, 6.45) is 1.30. The van der Waals surface area contributed by atoms with E-state index in [0.717, 1.165) is 0 Å². The van der Waals surface area contributed by atoms with Gasteiger partial charge in [0.15, 0.2) is 0 Å². The predicted molar refractivity (Wildman–Crippen MR) is 69.6 cm³/mol. The number of hydrogen-bond donors (Lipinski definition) is 1. The van der Waals surface area contributed by atoms with E-state index >= 15 is 0 Å². The van der Waals surface area contributed by atoms with Crippen LogP contribution in [-0.4, -0.2) is 14.5 Å². The smallest absolute Gasteiger partial charge is 0.274 e. The van der Waals surface area contributed by atoms with Gasteiger partial charge in [-0.2, -0.15) is 0 Å². The number of hydrogen-bond acceptors (Lipinski definition) is 3. The monoisotopic (exact) mass is 283 g/mol. The molecule has 2 aromatic rings. The van der Waals surface area contributed by atoms with E-state index in [-0.39, 0.29) is 17.0 Å². The van der Waals surface area contributed by atoms with Crippen LogP contribution in [-0.2, 0) is 10.0 Å². The van der Waals surface area contributed by atoms with Crippen molar-refractivity contribution in [1.82, 2.24) is 4.72 Å². The Bertz CT molecular complexity index is 659. The first-order valence-corrected chi connectivity index (χ1v) is 7.24. The van der Waals surface area contributed by atoms with E-state index in [9.17, 15) is 12.8 Å². The highest BCUT2D eigenvalue weighted by Gasteiger charge is 2.23. The molecule has 0 saturated carbocycles. The standard InChI is InChI=1S/C13H14FNO3S/c1-9(2)15-19(16,17)13-12(7-8-18-13)10-3-5-11(14)6-4-10/h3-9,15H,1-2H3. The molecule has 0 aliphatic rings. The Morgan fingerprint density at radius 1 is 1.16 bits per heavy atom. The van der Waals surface area contributed by atoms with Crippen LogP contribution >= 0.6 is 0 Å². The van der Waals surface area contributed by atoms with Crippen LogP contribution in [0.3, 0.4) is 0 Å². The average Bonchev–Trinajstić information content (AvgIpc) is 2.78. The van der Waals surface area contributed by atoms with Gasteiger partial charge in [0, 0.05) is 11.6 Å². The van der Waals surface area contributed by atoms with Gasteiger partial charge in [-0.05, 0) is 37.6 Å². The molecule has 0 spiro atoms. The fourth-order valence-electron chi connectivity index (χ4n) is 1.71. The van der Waals surface area contributed by atoms with Crippen LogP contribution in [0.2, 0.25) is 0 Å². The molecule has 0 aliphatic heterocycles. The number of rotatable bonds is 4. The molecule has 1 heterocycles. The average molecular weight is 283 g/mol. The molecule has 4 nitrogen and oxygen atoms in total. The van der Waals surface area contributed by atoms with E-state index in [2.05, 4.69) is 4.72 Å². The Morgan fingerprint density at radius 3 is 2.37 bits per heavy atom. The van der Waals surface area contributed by atoms with Crippen LogP contribution in [0.5, 0.6) is 0 Å². The second kappa shape index (κ2) is 5.14. The third kappa shape index (κ3) is 3.02. The SMILES string of the molecule is CC(C)NS(=O)(=O)c1occc1-c1ccc(F)cc1. The molecule has 102 valence electrons. The van der Waals surface area contributed by atoms with Crippen LogP contribution in [0.25, 0.3) is 11.1 Å². The van der Waals surface area contributed by atoms with Crippen molar-refractivity contribution in [2.24, 2.45) is 0 Å². The maximum atomic E-state index is 12.9. The lowest BCUT2D eigenvalue weighted by atomic mass is 10.1. The maximum Gasteiger partial charge on any atom is 0.274 e. The zero-order chi connectivity index (χ0) is 14.0. The second-order valence-electron chi connectivity index (χ2n) is 4.40. The van der Waals surface area contributed by atoms with Crippen molar-refractivity contribution in [2.75, 3.05) is 0 Å². The minimum Gasteiger partial charge on any atom is -0.451 e. The quantitative estimate of drug-likeness (QED) is 0.938. The summed E-state index contributed by atoms with van der Waals surface area (Å²) in [5.41, 5.74) is 0.993. The summed E-state index contributed by atoms with van der Waals surface area (Å²) in [5.74, 6) is -0.378. The molecular formula is C13H14FNO3S. The number of halogens is 1. The van der Waals surface area contributed by atoms with Gasteiger partial charge in [-0.25, -0.2) is 17.5 Å². The highest BCUT2D eigenvalue weighted by molar-refractivity contribution is 7.89. The zero-order valence-electron chi connectivity index (χ0n) is 10.6. The number of nitrogens with one attached hydrogen (secondary N) is 1. The molecular weight excluding hydrogens is 269 g/mol. The minimum absolute atomic E-state index is 0.159. The van der Waals surface area contributed by atoms with Gasteiger partial charge < -0.3 is 4.42 Å². The second-order valence-corrected chi connectivity index (χ2v) is 6.02. The van der Waals surface area contributed by atoms with Crippen LogP contribution in [0.15, 0.2) is 46.1 Å². The van der Waals surface area contributed by atoms with E-state index in [1.165, 1.54) is 30.5 Å². The molecule has 1 N–H and O–H groups in total. The molecule has 0 saturated heterocycles. The van der Waals surface area contributed by atoms with Crippen molar-refractivity contribution in [3.8, 4) is 11.1 Å². The molecule has 0 fully saturated rings. The molecule has 19 heavy (non-hydrogen) atoms. The first kappa shape index (κ1) is 13.8. The van der Waals surface area contributed by atoms with Crippen LogP contribution < -0.4 is 4.72 Å². The van der Waals surface area contributed by atoms with Crippen molar-refractivity contribution in [2.45, 2.75) is 25.0 Å². The summed E-state index contributed by atoms with van der Waals surface area (Å²) >= 11 is 0. The molecule has 0 atom stereocenters. The lowest BCUT2D eigenvalue weighted by Crippen LogP contribution is -2.30. The molecule has 1 aromatic heterocycles. The minimum atomic E-state index is -3.72. The number of benzene rings is 1. The fourth-order valence-corrected chi connectivity index (χ4v) is 3.10. The lowest BCUT2D eigenvalue weighted by Gasteiger charge is -2.09. The molecule has 2 rings (SSSR count). The van der Waals surface area contributed by atoms with E-state index in [0.29, 0.717) is 11.1 Å². The third-order valence-corrected chi connectivity index (χ3v) is 4.01. The van der Waals surface area contributed by atoms with Crippen molar-refractivity contribution >= 4 is 10.0 Å². The Kier molecular flexibility index (Phi) is 3.73. The molecule has 0 aliphatic carbocycles. The number of furan rings is 1. The normalized spacial score (nSPS) is 12.0. The lowest BCUT2D eigenvalue weighted by molar-refractivity contribution is 0.445. The van der Waals surface area contributed by atoms with Gasteiger partial charge in [0.25, 0.3) is 10.0 Å². The summed E-state index contributed by atoms with van der Waals surface area (Å²) in [6.45, 7) is 3.44. The van der Waals surface area contributed by atoms with Gasteiger partial charge >= 0.3 is 0 Å². The summed E-state index contributed by atoms with van der Waals surface area (Å²) < 4.78 is 44.6. The van der Waals surface area contributed by atoms with E-state index in [1.807, 2.05) is 0 Å². The highest BCUT2D eigenvalue weighted by atomic mass is 32.2. The Balaban J connectivity index is 2.46. The van der Waals surface area contributed by atoms with Gasteiger partial charge in [0.2, 0.25) is 5.09 Å². The first-order valence-electron chi connectivity index (χ1n) is 5.76. The summed E-state index contributed by atoms with van der Waals surface area (Å²) in [4.78, 5) is 0. The first-order chi connectivity index (χ1) is 8.90. The maximum absolute atomic E-state index is 12.9. The third-order valence-electron chi connectivity index (χ3n) is 2.42. The summed E-state index contributed by atoms with van der Waals surface area (Å²) in [7, 11) is -3.72. The van der Waals surface area contributed by atoms with Crippen LogP contribution in [0.1, 0.15) is 13.8 Å². The van der Waals surface area contributed by atoms with Crippen LogP contribution in [0, 0.1) is 5.82 Å². The molecule has 0 unspecified atom stereocenters. The van der Waals surface area contributed by atoms with E-state index < -0.39 is 10.0 Å². The van der Waals surface area contributed by atoms with Gasteiger partial charge in [0.05, 0.1) is 6.26 Å². The van der Waals surface area contributed by atoms with Crippen molar-refractivity contribution in [3.05, 3.63) is 42.4 Å². The van der Waals surface area contributed by atoms with E-state index in [4.69, 9.17) is 4.42 Å². The van der Waals surface area contributed by atoms with Crippen molar-refractivity contribution in [3.63, 3.8) is 0 Å². The predicted octanol–water partition coefficient (Wildman–Crippen LogP) is 2.77. The topological polar surface area (TPSA) is 59.3 Å². The molecule has 6 heteroatoms. The van der Waals surface area contributed by atoms with E-state index in [1.54, 1.807) is 19.9 Å². The van der Waals surface area contributed by atoms with Gasteiger partial charge in [-0.3, -0.25) is 0 Å². The summed E-state index contributed by atoms with van der Waals surface area (Å²) in [5, 5.41) is -0.159. The largest absolute Gasteiger partial charge is 0.451 e. The molecule has 1 aromatic carbocycles. The van der Waals surface area contributed by atoms with Gasteiger partial charge in [-0.1, -0.05) is 12.1 Å². The Labute approximate surface area is 111 Å². The number of sulfonamides is 1. The molecule has 0 amide bonds. The van der Waals surface area contributed by atoms with Gasteiger partial charge in [-0.15, -0.1) is 0 Å². The van der Waals surface area contributed by atoms with Crippen molar-refractivity contribution in [1.29, 1.82) is 0 Å². The molecule has 0 radical (unpaired) electrons.